The molecule has 1 unspecified atom stereocenters. The highest BCUT2D eigenvalue weighted by molar-refractivity contribution is 5.84. The highest BCUT2D eigenvalue weighted by atomic mass is 16.4. The molecule has 0 aliphatic heterocycles. The molecule has 0 amide bonds. The summed E-state index contributed by atoms with van der Waals surface area (Å²) in [4.78, 5) is 15.5. The van der Waals surface area contributed by atoms with Crippen LogP contribution in [0.4, 0.5) is 0 Å². The largest absolute Gasteiger partial charge is 0.481 e. The Labute approximate surface area is 100 Å². The molecule has 0 spiro atoms. The van der Waals surface area contributed by atoms with E-state index in [0.29, 0.717) is 5.69 Å². The topological polar surface area (TPSA) is 50.2 Å². The Morgan fingerprint density at radius 2 is 2.00 bits per heavy atom. The van der Waals surface area contributed by atoms with E-state index in [1.807, 2.05) is 38.1 Å². The van der Waals surface area contributed by atoms with E-state index in [2.05, 4.69) is 4.98 Å². The zero-order valence-corrected chi connectivity index (χ0v) is 10.2. The molecule has 3 heteroatoms. The van der Waals surface area contributed by atoms with Crippen LogP contribution in [0.1, 0.15) is 29.7 Å². The average molecular weight is 229 g/mol. The molecule has 0 aliphatic carbocycles. The van der Waals surface area contributed by atoms with Gasteiger partial charge in [0.2, 0.25) is 0 Å². The van der Waals surface area contributed by atoms with Gasteiger partial charge in [0.25, 0.3) is 0 Å². The molecule has 3 nitrogen and oxygen atoms in total. The summed E-state index contributed by atoms with van der Waals surface area (Å²) < 4.78 is 0. The standard InChI is InChI=1S/C14H15NO2/c1-8-5-4-6-11-7-9(2)12(15-13(8)11)10(3)14(16)17/h4-7,10H,1-3H3,(H,16,17). The zero-order valence-electron chi connectivity index (χ0n) is 10.2. The van der Waals surface area contributed by atoms with Crippen LogP contribution >= 0.6 is 0 Å². The number of benzene rings is 1. The van der Waals surface area contributed by atoms with Crippen LogP contribution < -0.4 is 0 Å². The van der Waals surface area contributed by atoms with Crippen molar-refractivity contribution in [2.24, 2.45) is 0 Å². The Morgan fingerprint density at radius 1 is 1.29 bits per heavy atom. The van der Waals surface area contributed by atoms with E-state index in [1.165, 1.54) is 0 Å². The van der Waals surface area contributed by atoms with E-state index in [9.17, 15) is 4.79 Å². The van der Waals surface area contributed by atoms with Crippen molar-refractivity contribution in [2.75, 3.05) is 0 Å². The number of aromatic nitrogens is 1. The Balaban J connectivity index is 2.70. The second kappa shape index (κ2) is 4.17. The first-order valence-corrected chi connectivity index (χ1v) is 5.60. The van der Waals surface area contributed by atoms with E-state index < -0.39 is 11.9 Å². The lowest BCUT2D eigenvalue weighted by molar-refractivity contribution is -0.138. The minimum absolute atomic E-state index is 0.570. The second-order valence-corrected chi connectivity index (χ2v) is 4.40. The van der Waals surface area contributed by atoms with Gasteiger partial charge in [-0.2, -0.15) is 0 Å². The summed E-state index contributed by atoms with van der Waals surface area (Å²) in [5.41, 5.74) is 3.54. The van der Waals surface area contributed by atoms with Gasteiger partial charge in [-0.05, 0) is 38.0 Å². The van der Waals surface area contributed by atoms with E-state index in [4.69, 9.17) is 5.11 Å². The third kappa shape index (κ3) is 2.00. The smallest absolute Gasteiger partial charge is 0.312 e. The summed E-state index contributed by atoms with van der Waals surface area (Å²) in [6.45, 7) is 5.56. The molecule has 0 saturated carbocycles. The van der Waals surface area contributed by atoms with Crippen LogP contribution in [0.2, 0.25) is 0 Å². The summed E-state index contributed by atoms with van der Waals surface area (Å²) >= 11 is 0. The lowest BCUT2D eigenvalue weighted by atomic mass is 10.00. The predicted octanol–water partition coefficient (Wildman–Crippen LogP) is 3.04. The van der Waals surface area contributed by atoms with Crippen molar-refractivity contribution >= 4 is 16.9 Å². The minimum Gasteiger partial charge on any atom is -0.481 e. The quantitative estimate of drug-likeness (QED) is 0.861. The van der Waals surface area contributed by atoms with E-state index in [-0.39, 0.29) is 0 Å². The van der Waals surface area contributed by atoms with Crippen LogP contribution in [0.3, 0.4) is 0 Å². The highest BCUT2D eigenvalue weighted by Gasteiger charge is 2.18. The van der Waals surface area contributed by atoms with E-state index >= 15 is 0 Å². The van der Waals surface area contributed by atoms with Crippen molar-refractivity contribution < 1.29 is 9.90 Å². The molecule has 1 atom stereocenters. The van der Waals surface area contributed by atoms with Gasteiger partial charge in [0.05, 0.1) is 17.1 Å². The van der Waals surface area contributed by atoms with Crippen molar-refractivity contribution in [1.82, 2.24) is 4.98 Å². The molecule has 0 bridgehead atoms. The fraction of sp³-hybridized carbons (Fsp3) is 0.286. The third-order valence-electron chi connectivity index (χ3n) is 3.06. The number of carbonyl (C=O) groups is 1. The minimum atomic E-state index is -0.839. The van der Waals surface area contributed by atoms with Crippen LogP contribution in [0.5, 0.6) is 0 Å². The maximum Gasteiger partial charge on any atom is 0.312 e. The number of rotatable bonds is 2. The number of fused-ring (bicyclic) bond motifs is 1. The van der Waals surface area contributed by atoms with Gasteiger partial charge >= 0.3 is 5.97 Å². The molecular weight excluding hydrogens is 214 g/mol. The Morgan fingerprint density at radius 3 is 2.65 bits per heavy atom. The van der Waals surface area contributed by atoms with E-state index in [1.54, 1.807) is 6.92 Å². The summed E-state index contributed by atoms with van der Waals surface area (Å²) in [7, 11) is 0. The molecule has 17 heavy (non-hydrogen) atoms. The molecule has 0 saturated heterocycles. The number of nitrogens with zero attached hydrogens (tertiary/aromatic N) is 1. The number of carboxylic acids is 1. The van der Waals surface area contributed by atoms with Crippen molar-refractivity contribution in [2.45, 2.75) is 26.7 Å². The number of aliphatic carboxylic acids is 1. The normalized spacial score (nSPS) is 12.6. The zero-order chi connectivity index (χ0) is 12.6. The first kappa shape index (κ1) is 11.6. The Hall–Kier alpha value is -1.90. The van der Waals surface area contributed by atoms with Crippen molar-refractivity contribution in [3.8, 4) is 0 Å². The Bertz CT molecular complexity index is 590. The number of para-hydroxylation sites is 1. The average Bonchev–Trinajstić information content (AvgIpc) is 2.27. The van der Waals surface area contributed by atoms with Gasteiger partial charge in [-0.1, -0.05) is 18.2 Å². The van der Waals surface area contributed by atoms with Gasteiger partial charge in [-0.25, -0.2) is 0 Å². The van der Waals surface area contributed by atoms with Gasteiger partial charge in [0, 0.05) is 5.39 Å². The number of carboxylic acid groups (broad SMARTS) is 1. The number of hydrogen-bond donors (Lipinski definition) is 1. The number of aryl methyl sites for hydroxylation is 2. The van der Waals surface area contributed by atoms with E-state index in [0.717, 1.165) is 22.0 Å². The summed E-state index contributed by atoms with van der Waals surface area (Å²) in [5.74, 6) is -1.41. The SMILES string of the molecule is Cc1cc2cccc(C)c2nc1C(C)C(=O)O. The van der Waals surface area contributed by atoms with Gasteiger partial charge in [0.1, 0.15) is 0 Å². The van der Waals surface area contributed by atoms with Gasteiger partial charge in [-0.15, -0.1) is 0 Å². The molecule has 1 aromatic heterocycles. The van der Waals surface area contributed by atoms with Crippen molar-refractivity contribution in [3.63, 3.8) is 0 Å². The van der Waals surface area contributed by atoms with Crippen LogP contribution in [-0.2, 0) is 4.79 Å². The Kier molecular flexibility index (Phi) is 2.84. The molecule has 2 rings (SSSR count). The summed E-state index contributed by atoms with van der Waals surface area (Å²) in [5, 5.41) is 10.1. The molecule has 1 N–H and O–H groups in total. The fourth-order valence-electron chi connectivity index (χ4n) is 2.02. The van der Waals surface area contributed by atoms with Crippen LogP contribution in [-0.4, -0.2) is 16.1 Å². The van der Waals surface area contributed by atoms with Crippen LogP contribution in [0, 0.1) is 13.8 Å². The molecule has 1 heterocycles. The molecular formula is C14H15NO2. The second-order valence-electron chi connectivity index (χ2n) is 4.40. The van der Waals surface area contributed by atoms with Crippen LogP contribution in [0.15, 0.2) is 24.3 Å². The van der Waals surface area contributed by atoms with Crippen molar-refractivity contribution in [3.05, 3.63) is 41.1 Å². The molecule has 0 aliphatic rings. The number of hydrogen-bond acceptors (Lipinski definition) is 2. The predicted molar refractivity (Wildman–Crippen MR) is 67.3 cm³/mol. The fourth-order valence-corrected chi connectivity index (χ4v) is 2.02. The van der Waals surface area contributed by atoms with Crippen LogP contribution in [0.25, 0.3) is 10.9 Å². The molecule has 0 fully saturated rings. The lowest BCUT2D eigenvalue weighted by Gasteiger charge is -2.11. The molecule has 1 aromatic carbocycles. The van der Waals surface area contributed by atoms with Gasteiger partial charge in [0.15, 0.2) is 0 Å². The lowest BCUT2D eigenvalue weighted by Crippen LogP contribution is -2.11. The first-order chi connectivity index (χ1) is 8.00. The number of pyridine rings is 1. The summed E-state index contributed by atoms with van der Waals surface area (Å²) in [6, 6.07) is 7.97. The maximum atomic E-state index is 11.0. The monoisotopic (exact) mass is 229 g/mol. The van der Waals surface area contributed by atoms with Crippen molar-refractivity contribution in [1.29, 1.82) is 0 Å². The first-order valence-electron chi connectivity index (χ1n) is 5.60. The van der Waals surface area contributed by atoms with Gasteiger partial charge < -0.3 is 5.11 Å². The summed E-state index contributed by atoms with van der Waals surface area (Å²) in [6.07, 6.45) is 0. The van der Waals surface area contributed by atoms with Gasteiger partial charge in [-0.3, -0.25) is 9.78 Å². The molecule has 0 radical (unpaired) electrons. The highest BCUT2D eigenvalue weighted by Crippen LogP contribution is 2.24. The third-order valence-corrected chi connectivity index (χ3v) is 3.06. The maximum absolute atomic E-state index is 11.0. The molecule has 2 aromatic rings. The molecule has 88 valence electrons.